The Labute approximate surface area is 63.6 Å². The van der Waals surface area contributed by atoms with Crippen LogP contribution in [0.4, 0.5) is 0 Å². The minimum atomic E-state index is 0.741. The van der Waals surface area contributed by atoms with Crippen molar-refractivity contribution in [1.29, 1.82) is 0 Å². The third kappa shape index (κ3) is 2.27. The molecule has 2 atom stereocenters. The van der Waals surface area contributed by atoms with Crippen LogP contribution in [-0.4, -0.2) is 37.6 Å². The summed E-state index contributed by atoms with van der Waals surface area (Å²) in [6.07, 6.45) is 2.69. The normalized spacial score (nSPS) is 33.6. The van der Waals surface area contributed by atoms with Gasteiger partial charge in [0.05, 0.1) is 0 Å². The standard InChI is InChI=1S/C8H18N2/c1-7-4-5-8(9-7)6-10(2)3/h7-9H,4-6H2,1-3H3/t7-,8?/m0/s1. The molecule has 1 rings (SSSR count). The van der Waals surface area contributed by atoms with E-state index in [0.717, 1.165) is 12.1 Å². The number of likely N-dealkylation sites (N-methyl/N-ethyl adjacent to an activating group) is 1. The van der Waals surface area contributed by atoms with E-state index in [-0.39, 0.29) is 0 Å². The van der Waals surface area contributed by atoms with Gasteiger partial charge >= 0.3 is 0 Å². The van der Waals surface area contributed by atoms with E-state index in [9.17, 15) is 0 Å². The zero-order valence-electron chi connectivity index (χ0n) is 7.22. The molecule has 0 aromatic heterocycles. The van der Waals surface area contributed by atoms with Gasteiger partial charge in [0, 0.05) is 18.6 Å². The minimum absolute atomic E-state index is 0.741. The van der Waals surface area contributed by atoms with Crippen molar-refractivity contribution in [2.24, 2.45) is 0 Å². The van der Waals surface area contributed by atoms with Crippen LogP contribution >= 0.6 is 0 Å². The van der Waals surface area contributed by atoms with Crippen LogP contribution in [0.1, 0.15) is 19.8 Å². The summed E-state index contributed by atoms with van der Waals surface area (Å²) in [5.41, 5.74) is 0. The van der Waals surface area contributed by atoms with Gasteiger partial charge in [-0.3, -0.25) is 0 Å². The van der Waals surface area contributed by atoms with Crippen molar-refractivity contribution < 1.29 is 0 Å². The molecule has 1 fully saturated rings. The summed E-state index contributed by atoms with van der Waals surface area (Å²) in [6.45, 7) is 3.44. The summed E-state index contributed by atoms with van der Waals surface area (Å²) in [5, 5.41) is 3.54. The lowest BCUT2D eigenvalue weighted by Gasteiger charge is -2.16. The summed E-state index contributed by atoms with van der Waals surface area (Å²) < 4.78 is 0. The Morgan fingerprint density at radius 2 is 2.10 bits per heavy atom. The Balaban J connectivity index is 2.18. The lowest BCUT2D eigenvalue weighted by atomic mass is 10.2. The predicted octanol–water partition coefficient (Wildman–Crippen LogP) is 0.688. The molecule has 0 bridgehead atoms. The van der Waals surface area contributed by atoms with Gasteiger partial charge in [0.25, 0.3) is 0 Å². The highest BCUT2D eigenvalue weighted by molar-refractivity contribution is 4.81. The Bertz CT molecular complexity index is 101. The van der Waals surface area contributed by atoms with Gasteiger partial charge in [0.15, 0.2) is 0 Å². The maximum Gasteiger partial charge on any atom is 0.0197 e. The fourth-order valence-corrected chi connectivity index (χ4v) is 1.60. The zero-order valence-corrected chi connectivity index (χ0v) is 7.22. The highest BCUT2D eigenvalue weighted by Gasteiger charge is 2.19. The Kier molecular flexibility index (Phi) is 2.69. The topological polar surface area (TPSA) is 15.3 Å². The minimum Gasteiger partial charge on any atom is -0.310 e. The van der Waals surface area contributed by atoms with Gasteiger partial charge in [-0.25, -0.2) is 0 Å². The molecule has 1 aliphatic rings. The average Bonchev–Trinajstić information content (AvgIpc) is 2.13. The van der Waals surface area contributed by atoms with Crippen LogP contribution in [0.2, 0.25) is 0 Å². The van der Waals surface area contributed by atoms with Crippen LogP contribution in [0.3, 0.4) is 0 Å². The average molecular weight is 142 g/mol. The highest BCUT2D eigenvalue weighted by atomic mass is 15.1. The molecule has 0 aromatic carbocycles. The fraction of sp³-hybridized carbons (Fsp3) is 1.00. The zero-order chi connectivity index (χ0) is 7.56. The molecule has 0 aromatic rings. The molecule has 1 saturated heterocycles. The maximum atomic E-state index is 3.54. The maximum absolute atomic E-state index is 3.54. The predicted molar refractivity (Wildman–Crippen MR) is 44.2 cm³/mol. The molecule has 2 nitrogen and oxygen atoms in total. The molecule has 0 saturated carbocycles. The SMILES string of the molecule is C[C@H]1CCC(CN(C)C)N1. The van der Waals surface area contributed by atoms with Crippen LogP contribution in [0.5, 0.6) is 0 Å². The first-order valence-electron chi connectivity index (χ1n) is 4.09. The third-order valence-electron chi connectivity index (χ3n) is 2.05. The van der Waals surface area contributed by atoms with Gasteiger partial charge in [0.1, 0.15) is 0 Å². The first-order valence-corrected chi connectivity index (χ1v) is 4.09. The number of hydrogen-bond acceptors (Lipinski definition) is 2. The quantitative estimate of drug-likeness (QED) is 0.610. The van der Waals surface area contributed by atoms with E-state index in [1.807, 2.05) is 0 Å². The van der Waals surface area contributed by atoms with Crippen LogP contribution in [0, 0.1) is 0 Å². The van der Waals surface area contributed by atoms with E-state index >= 15 is 0 Å². The number of rotatable bonds is 2. The van der Waals surface area contributed by atoms with E-state index in [4.69, 9.17) is 0 Å². The molecule has 0 spiro atoms. The van der Waals surface area contributed by atoms with Crippen LogP contribution in [0.25, 0.3) is 0 Å². The Morgan fingerprint density at radius 3 is 2.50 bits per heavy atom. The molecule has 0 aliphatic carbocycles. The Hall–Kier alpha value is -0.0800. The van der Waals surface area contributed by atoms with E-state index in [1.165, 1.54) is 19.4 Å². The van der Waals surface area contributed by atoms with Crippen molar-refractivity contribution in [1.82, 2.24) is 10.2 Å². The lowest BCUT2D eigenvalue weighted by molar-refractivity contribution is 0.352. The monoisotopic (exact) mass is 142 g/mol. The summed E-state index contributed by atoms with van der Waals surface area (Å²) >= 11 is 0. The van der Waals surface area contributed by atoms with Gasteiger partial charge < -0.3 is 10.2 Å². The first-order chi connectivity index (χ1) is 4.68. The molecule has 1 unspecified atom stereocenters. The second-order valence-electron chi connectivity index (χ2n) is 3.60. The second-order valence-corrected chi connectivity index (χ2v) is 3.60. The van der Waals surface area contributed by atoms with Crippen molar-refractivity contribution in [3.63, 3.8) is 0 Å². The molecule has 10 heavy (non-hydrogen) atoms. The molecular weight excluding hydrogens is 124 g/mol. The largest absolute Gasteiger partial charge is 0.310 e. The Morgan fingerprint density at radius 1 is 1.40 bits per heavy atom. The van der Waals surface area contributed by atoms with Gasteiger partial charge in [0.2, 0.25) is 0 Å². The second kappa shape index (κ2) is 3.35. The van der Waals surface area contributed by atoms with Gasteiger partial charge in [-0.1, -0.05) is 0 Å². The van der Waals surface area contributed by atoms with Crippen molar-refractivity contribution in [2.75, 3.05) is 20.6 Å². The van der Waals surface area contributed by atoms with Gasteiger partial charge in [-0.2, -0.15) is 0 Å². The smallest absolute Gasteiger partial charge is 0.0197 e. The van der Waals surface area contributed by atoms with Crippen molar-refractivity contribution in [3.05, 3.63) is 0 Å². The lowest BCUT2D eigenvalue weighted by Crippen LogP contribution is -2.35. The van der Waals surface area contributed by atoms with Gasteiger partial charge in [-0.15, -0.1) is 0 Å². The van der Waals surface area contributed by atoms with E-state index in [1.54, 1.807) is 0 Å². The fourth-order valence-electron chi connectivity index (χ4n) is 1.60. The molecule has 60 valence electrons. The van der Waals surface area contributed by atoms with E-state index in [2.05, 4.69) is 31.2 Å². The van der Waals surface area contributed by atoms with Crippen LogP contribution in [-0.2, 0) is 0 Å². The summed E-state index contributed by atoms with van der Waals surface area (Å²) in [5.74, 6) is 0. The van der Waals surface area contributed by atoms with E-state index in [0.29, 0.717) is 0 Å². The number of nitrogens with zero attached hydrogens (tertiary/aromatic N) is 1. The van der Waals surface area contributed by atoms with Crippen LogP contribution in [0.15, 0.2) is 0 Å². The number of nitrogens with one attached hydrogen (secondary N) is 1. The first kappa shape index (κ1) is 8.02. The van der Waals surface area contributed by atoms with Crippen molar-refractivity contribution in [3.8, 4) is 0 Å². The van der Waals surface area contributed by atoms with Crippen molar-refractivity contribution in [2.45, 2.75) is 31.8 Å². The highest BCUT2D eigenvalue weighted by Crippen LogP contribution is 2.11. The van der Waals surface area contributed by atoms with Gasteiger partial charge in [-0.05, 0) is 33.9 Å². The third-order valence-corrected chi connectivity index (χ3v) is 2.05. The molecule has 1 aliphatic heterocycles. The summed E-state index contributed by atoms with van der Waals surface area (Å²) in [7, 11) is 4.26. The molecule has 0 radical (unpaired) electrons. The molecule has 2 heteroatoms. The summed E-state index contributed by atoms with van der Waals surface area (Å²) in [4.78, 5) is 2.25. The van der Waals surface area contributed by atoms with Crippen LogP contribution < -0.4 is 5.32 Å². The molecule has 1 N–H and O–H groups in total. The summed E-state index contributed by atoms with van der Waals surface area (Å²) in [6, 6.07) is 1.48. The van der Waals surface area contributed by atoms with Crippen molar-refractivity contribution >= 4 is 0 Å². The molecular formula is C8H18N2. The van der Waals surface area contributed by atoms with E-state index < -0.39 is 0 Å². The molecule has 1 heterocycles. The molecule has 0 amide bonds. The number of hydrogen-bond donors (Lipinski definition) is 1.